The van der Waals surface area contributed by atoms with Crippen molar-refractivity contribution in [2.75, 3.05) is 23.5 Å². The van der Waals surface area contributed by atoms with Crippen molar-refractivity contribution in [1.29, 1.82) is 0 Å². The van der Waals surface area contributed by atoms with Gasteiger partial charge in [-0.15, -0.1) is 10.2 Å². The third kappa shape index (κ3) is 5.41. The van der Waals surface area contributed by atoms with E-state index in [4.69, 9.17) is 4.74 Å². The summed E-state index contributed by atoms with van der Waals surface area (Å²) in [6.45, 7) is 0. The monoisotopic (exact) mass is 499 g/mol. The molecule has 8 nitrogen and oxygen atoms in total. The summed E-state index contributed by atoms with van der Waals surface area (Å²) in [5, 5.41) is 15.2. The number of hydrogen-bond donors (Lipinski definition) is 2. The molecule has 2 N–H and O–H groups in total. The van der Waals surface area contributed by atoms with Gasteiger partial charge in [0.1, 0.15) is 11.6 Å². The van der Waals surface area contributed by atoms with Crippen molar-refractivity contribution in [3.63, 3.8) is 0 Å². The summed E-state index contributed by atoms with van der Waals surface area (Å²) >= 11 is 1.35. The lowest BCUT2D eigenvalue weighted by Gasteiger charge is -2.11. The van der Waals surface area contributed by atoms with E-state index < -0.39 is 0 Å². The average molecular weight is 500 g/mol. The van der Waals surface area contributed by atoms with Gasteiger partial charge < -0.3 is 15.4 Å². The highest BCUT2D eigenvalue weighted by Gasteiger charge is 2.31. The number of methoxy groups -OCH3 is 1. The molecule has 0 bridgehead atoms. The van der Waals surface area contributed by atoms with Crippen molar-refractivity contribution >= 4 is 35.0 Å². The Bertz CT molecular complexity index is 1370. The number of nitrogens with zero attached hydrogens (tertiary/aromatic N) is 3. The fourth-order valence-electron chi connectivity index (χ4n) is 3.77. The van der Waals surface area contributed by atoms with Crippen LogP contribution in [0.25, 0.3) is 5.69 Å². The van der Waals surface area contributed by atoms with E-state index in [1.807, 2.05) is 47.0 Å². The topological polar surface area (TPSA) is 98.1 Å². The van der Waals surface area contributed by atoms with Crippen LogP contribution in [0.1, 0.15) is 34.9 Å². The minimum Gasteiger partial charge on any atom is -0.495 e. The van der Waals surface area contributed by atoms with Gasteiger partial charge in [0.05, 0.1) is 18.6 Å². The van der Waals surface area contributed by atoms with E-state index in [1.54, 1.807) is 43.5 Å². The molecule has 4 aromatic rings. The highest BCUT2D eigenvalue weighted by Crippen LogP contribution is 2.41. The van der Waals surface area contributed by atoms with Gasteiger partial charge in [-0.3, -0.25) is 14.2 Å². The van der Waals surface area contributed by atoms with Crippen molar-refractivity contribution in [3.05, 3.63) is 90.3 Å². The molecule has 36 heavy (non-hydrogen) atoms. The molecule has 1 aliphatic carbocycles. The van der Waals surface area contributed by atoms with Crippen LogP contribution in [0.15, 0.2) is 84.0 Å². The zero-order valence-electron chi connectivity index (χ0n) is 19.7. The molecule has 2 amide bonds. The highest BCUT2D eigenvalue weighted by molar-refractivity contribution is 7.99. The van der Waals surface area contributed by atoms with Crippen LogP contribution < -0.4 is 15.4 Å². The molecular weight excluding hydrogens is 474 g/mol. The van der Waals surface area contributed by atoms with E-state index in [9.17, 15) is 9.59 Å². The van der Waals surface area contributed by atoms with Gasteiger partial charge in [0.2, 0.25) is 5.91 Å². The summed E-state index contributed by atoms with van der Waals surface area (Å²) in [7, 11) is 1.55. The van der Waals surface area contributed by atoms with E-state index in [2.05, 4.69) is 20.8 Å². The Hall–Kier alpha value is -4.11. The molecule has 0 unspecified atom stereocenters. The van der Waals surface area contributed by atoms with Gasteiger partial charge >= 0.3 is 0 Å². The molecule has 1 saturated carbocycles. The minimum absolute atomic E-state index is 0.165. The number of nitrogens with one attached hydrogen (secondary N) is 2. The molecule has 0 aliphatic heterocycles. The largest absolute Gasteiger partial charge is 0.495 e. The number of thioether (sulfide) groups is 1. The molecule has 0 spiro atoms. The first-order valence-electron chi connectivity index (χ1n) is 11.6. The van der Waals surface area contributed by atoms with Gasteiger partial charge in [0.25, 0.3) is 5.91 Å². The van der Waals surface area contributed by atoms with Crippen LogP contribution in [0.2, 0.25) is 0 Å². The summed E-state index contributed by atoms with van der Waals surface area (Å²) in [5.74, 6) is 1.72. The van der Waals surface area contributed by atoms with E-state index in [1.165, 1.54) is 11.8 Å². The van der Waals surface area contributed by atoms with Crippen molar-refractivity contribution in [3.8, 4) is 11.4 Å². The number of benzene rings is 3. The minimum atomic E-state index is -0.264. The third-order valence-corrected chi connectivity index (χ3v) is 6.66. The summed E-state index contributed by atoms with van der Waals surface area (Å²) in [5.41, 5.74) is 2.66. The lowest BCUT2D eigenvalue weighted by atomic mass is 10.2. The molecule has 182 valence electrons. The third-order valence-electron chi connectivity index (χ3n) is 5.73. The molecule has 1 aliphatic rings. The van der Waals surface area contributed by atoms with Crippen LogP contribution in [0, 0.1) is 0 Å². The van der Waals surface area contributed by atoms with Crippen LogP contribution in [0.5, 0.6) is 5.75 Å². The number of hydrogen-bond acceptors (Lipinski definition) is 6. The summed E-state index contributed by atoms with van der Waals surface area (Å²) in [6.07, 6.45) is 2.23. The number of carbonyl (C=O) groups excluding carboxylic acids is 2. The SMILES string of the molecule is COc1ccccc1NC(=O)c1ccc(NC(=O)CSc2nnc(C3CC3)n2-c2ccccc2)cc1. The predicted octanol–water partition coefficient (Wildman–Crippen LogP) is 5.14. The quantitative estimate of drug-likeness (QED) is 0.310. The smallest absolute Gasteiger partial charge is 0.255 e. The molecule has 1 aromatic heterocycles. The van der Waals surface area contributed by atoms with Crippen molar-refractivity contribution in [2.24, 2.45) is 0 Å². The fourth-order valence-corrected chi connectivity index (χ4v) is 4.53. The van der Waals surface area contributed by atoms with Gasteiger partial charge in [0, 0.05) is 22.9 Å². The number of para-hydroxylation sites is 3. The van der Waals surface area contributed by atoms with Gasteiger partial charge in [0.15, 0.2) is 5.16 Å². The molecule has 0 atom stereocenters. The summed E-state index contributed by atoms with van der Waals surface area (Å²) < 4.78 is 7.32. The number of amides is 2. The van der Waals surface area contributed by atoms with Crippen LogP contribution in [-0.2, 0) is 4.79 Å². The summed E-state index contributed by atoms with van der Waals surface area (Å²) in [6, 6.07) is 23.9. The second-order valence-electron chi connectivity index (χ2n) is 8.35. The maximum atomic E-state index is 12.6. The van der Waals surface area contributed by atoms with Gasteiger partial charge in [-0.1, -0.05) is 42.1 Å². The Morgan fingerprint density at radius 1 is 0.944 bits per heavy atom. The van der Waals surface area contributed by atoms with Crippen molar-refractivity contribution < 1.29 is 14.3 Å². The standard InChI is InChI=1S/C27H25N5O3S/c1-35-23-10-6-5-9-22(23)29-26(34)19-13-15-20(16-14-19)28-24(33)17-36-27-31-30-25(18-11-12-18)32(27)21-7-3-2-4-8-21/h2-10,13-16,18H,11-12,17H2,1H3,(H,28,33)(H,29,34). The van der Waals surface area contributed by atoms with Crippen LogP contribution in [0.4, 0.5) is 11.4 Å². The maximum Gasteiger partial charge on any atom is 0.255 e. The van der Waals surface area contributed by atoms with Crippen LogP contribution in [-0.4, -0.2) is 39.4 Å². The molecule has 3 aromatic carbocycles. The Morgan fingerprint density at radius 2 is 1.67 bits per heavy atom. The van der Waals surface area contributed by atoms with Gasteiger partial charge in [-0.2, -0.15) is 0 Å². The second-order valence-corrected chi connectivity index (χ2v) is 9.30. The summed E-state index contributed by atoms with van der Waals surface area (Å²) in [4.78, 5) is 25.2. The first-order valence-corrected chi connectivity index (χ1v) is 12.6. The Labute approximate surface area is 213 Å². The fraction of sp³-hybridized carbons (Fsp3) is 0.185. The number of carbonyl (C=O) groups is 2. The van der Waals surface area contributed by atoms with E-state index in [0.717, 1.165) is 24.4 Å². The maximum absolute atomic E-state index is 12.6. The zero-order chi connectivity index (χ0) is 24.9. The van der Waals surface area contributed by atoms with E-state index in [0.29, 0.717) is 33.8 Å². The first kappa shape index (κ1) is 23.6. The zero-order valence-corrected chi connectivity index (χ0v) is 20.5. The van der Waals surface area contributed by atoms with Crippen LogP contribution >= 0.6 is 11.8 Å². The molecule has 0 radical (unpaired) electrons. The Kier molecular flexibility index (Phi) is 6.99. The molecule has 1 fully saturated rings. The Morgan fingerprint density at radius 3 is 2.39 bits per heavy atom. The molecule has 9 heteroatoms. The number of aromatic nitrogens is 3. The Balaban J connectivity index is 1.20. The van der Waals surface area contributed by atoms with Crippen molar-refractivity contribution in [2.45, 2.75) is 23.9 Å². The molecule has 0 saturated heterocycles. The van der Waals surface area contributed by atoms with Gasteiger partial charge in [-0.25, -0.2) is 0 Å². The molecule has 1 heterocycles. The molecular formula is C27H25N5O3S. The normalized spacial score (nSPS) is 12.7. The molecule has 5 rings (SSSR count). The van der Waals surface area contributed by atoms with Gasteiger partial charge in [-0.05, 0) is 61.4 Å². The van der Waals surface area contributed by atoms with Crippen molar-refractivity contribution in [1.82, 2.24) is 14.8 Å². The lowest BCUT2D eigenvalue weighted by molar-refractivity contribution is -0.113. The highest BCUT2D eigenvalue weighted by atomic mass is 32.2. The predicted molar refractivity (Wildman–Crippen MR) is 140 cm³/mol. The van der Waals surface area contributed by atoms with Crippen LogP contribution in [0.3, 0.4) is 0 Å². The number of rotatable bonds is 9. The first-order chi connectivity index (χ1) is 17.6. The lowest BCUT2D eigenvalue weighted by Crippen LogP contribution is -2.15. The number of anilines is 2. The van der Waals surface area contributed by atoms with E-state index >= 15 is 0 Å². The van der Waals surface area contributed by atoms with E-state index in [-0.39, 0.29) is 17.6 Å². The number of ether oxygens (including phenoxy) is 1. The average Bonchev–Trinajstić information content (AvgIpc) is 3.67. The second kappa shape index (κ2) is 10.7.